The second-order valence-corrected chi connectivity index (χ2v) is 5.66. The second kappa shape index (κ2) is 5.76. The zero-order chi connectivity index (χ0) is 15.7. The van der Waals surface area contributed by atoms with E-state index >= 15 is 0 Å². The van der Waals surface area contributed by atoms with E-state index in [2.05, 4.69) is 22.1 Å². The number of hydrogen-bond donors (Lipinski definition) is 2. The average molecular weight is 302 g/mol. The summed E-state index contributed by atoms with van der Waals surface area (Å²) in [5.41, 5.74) is 1.48. The zero-order valence-electron chi connectivity index (χ0n) is 12.3. The highest BCUT2D eigenvalue weighted by atomic mass is 16.3. The van der Waals surface area contributed by atoms with Gasteiger partial charge in [-0.15, -0.1) is 0 Å². The molecule has 0 radical (unpaired) electrons. The van der Waals surface area contributed by atoms with Crippen molar-refractivity contribution in [3.8, 4) is 0 Å². The number of benzene rings is 1. The van der Waals surface area contributed by atoms with Gasteiger partial charge in [0.15, 0.2) is 5.69 Å². The Kier molecular flexibility index (Phi) is 3.81. The van der Waals surface area contributed by atoms with Crippen LogP contribution >= 0.6 is 0 Å². The quantitative estimate of drug-likeness (QED) is 0.760. The van der Waals surface area contributed by atoms with Crippen LogP contribution in [0.3, 0.4) is 0 Å². The van der Waals surface area contributed by atoms with Crippen molar-refractivity contribution in [1.82, 2.24) is 20.0 Å². The first-order valence-corrected chi connectivity index (χ1v) is 7.18. The molecule has 116 valence electrons. The number of aromatic amines is 1. The second-order valence-electron chi connectivity index (χ2n) is 5.66. The largest absolute Gasteiger partial charge is 0.483 e. The van der Waals surface area contributed by atoms with E-state index in [1.807, 2.05) is 29.2 Å². The number of hydrogen-bond acceptors (Lipinski definition) is 4. The van der Waals surface area contributed by atoms with Gasteiger partial charge in [-0.25, -0.2) is 0 Å². The lowest BCUT2D eigenvalue weighted by molar-refractivity contribution is -0.122. The summed E-state index contributed by atoms with van der Waals surface area (Å²) >= 11 is 0. The minimum Gasteiger partial charge on any atom is -0.483 e. The average Bonchev–Trinajstić information content (AvgIpc) is 3.20. The van der Waals surface area contributed by atoms with Crippen molar-refractivity contribution in [1.29, 1.82) is 0 Å². The number of aromatic nitrogens is 2. The van der Waals surface area contributed by atoms with Gasteiger partial charge in [0, 0.05) is 30.6 Å². The number of para-hydroxylation sites is 1. The van der Waals surface area contributed by atoms with Crippen LogP contribution in [-0.4, -0.2) is 69.7 Å². The van der Waals surface area contributed by atoms with Gasteiger partial charge in [-0.2, -0.15) is 5.10 Å². The third kappa shape index (κ3) is 2.33. The summed E-state index contributed by atoms with van der Waals surface area (Å²) < 4.78 is 0. The van der Waals surface area contributed by atoms with Gasteiger partial charge >= 0.3 is 0 Å². The molecule has 7 nitrogen and oxygen atoms in total. The Morgan fingerprint density at radius 2 is 2.09 bits per heavy atom. The van der Waals surface area contributed by atoms with Crippen LogP contribution in [0.5, 0.6) is 0 Å². The Balaban J connectivity index is 0.000000446. The molecule has 2 saturated heterocycles. The molecule has 3 heterocycles. The number of piperazine rings is 1. The topological polar surface area (TPSA) is 89.5 Å². The molecule has 0 saturated carbocycles. The highest BCUT2D eigenvalue weighted by Gasteiger charge is 2.44. The highest BCUT2D eigenvalue weighted by Crippen LogP contribution is 2.31. The number of fused-ring (bicyclic) bond motifs is 3. The monoisotopic (exact) mass is 302 g/mol. The molecule has 1 aromatic carbocycles. The minimum atomic E-state index is -0.250. The smallest absolute Gasteiger partial charge is 0.290 e. The van der Waals surface area contributed by atoms with Crippen LogP contribution in [-0.2, 0) is 4.79 Å². The van der Waals surface area contributed by atoms with Crippen molar-refractivity contribution in [3.05, 3.63) is 30.0 Å². The number of nitrogens with zero attached hydrogens (tertiary/aromatic N) is 3. The number of carboxylic acid groups (broad SMARTS) is 1. The van der Waals surface area contributed by atoms with Gasteiger partial charge in [0.05, 0.1) is 5.52 Å². The maximum Gasteiger partial charge on any atom is 0.290 e. The molecule has 7 heteroatoms. The van der Waals surface area contributed by atoms with Crippen LogP contribution in [0.25, 0.3) is 10.9 Å². The number of rotatable bonds is 1. The number of likely N-dealkylation sites (tertiary alicyclic amines) is 2. The van der Waals surface area contributed by atoms with E-state index in [1.54, 1.807) is 0 Å². The van der Waals surface area contributed by atoms with E-state index in [-0.39, 0.29) is 12.4 Å². The van der Waals surface area contributed by atoms with E-state index in [9.17, 15) is 4.79 Å². The third-order valence-corrected chi connectivity index (χ3v) is 4.45. The first-order chi connectivity index (χ1) is 10.7. The highest BCUT2D eigenvalue weighted by molar-refractivity contribution is 6.04. The van der Waals surface area contributed by atoms with Gasteiger partial charge in [-0.1, -0.05) is 18.2 Å². The molecular weight excluding hydrogens is 284 g/mol. The number of carbonyl (C=O) groups excluding carboxylic acids is 1. The molecule has 0 aliphatic carbocycles. The molecule has 4 rings (SSSR count). The fourth-order valence-corrected chi connectivity index (χ4v) is 3.38. The van der Waals surface area contributed by atoms with Gasteiger partial charge in [-0.05, 0) is 19.5 Å². The Morgan fingerprint density at radius 1 is 1.36 bits per heavy atom. The molecule has 2 aliphatic rings. The summed E-state index contributed by atoms with van der Waals surface area (Å²) in [6.07, 6.45) is 1.10. The summed E-state index contributed by atoms with van der Waals surface area (Å²) in [6.45, 7) is 1.57. The predicted molar refractivity (Wildman–Crippen MR) is 80.6 cm³/mol. The van der Waals surface area contributed by atoms with Crippen molar-refractivity contribution in [2.24, 2.45) is 0 Å². The lowest BCUT2D eigenvalue weighted by atomic mass is 10.2. The standard InChI is InChI=1S/C14H16N4O.CH2O2/c1-17-7-10-6-9(17)8-18(10)14(19)13-11-4-2-3-5-12(11)15-16-13;2-1-3/h2-5,9-10H,6-8H2,1H3,(H,15,16);1H,(H,2,3)/t9-,10-;/m0./s1. The number of likely N-dealkylation sites (N-methyl/N-ethyl adjacent to an activating group) is 1. The molecule has 2 aromatic rings. The fraction of sp³-hybridized carbons (Fsp3) is 0.400. The van der Waals surface area contributed by atoms with Crippen molar-refractivity contribution < 1.29 is 14.7 Å². The van der Waals surface area contributed by atoms with Crippen molar-refractivity contribution in [2.45, 2.75) is 18.5 Å². The molecule has 2 fully saturated rings. The van der Waals surface area contributed by atoms with Gasteiger partial charge in [0.25, 0.3) is 12.4 Å². The summed E-state index contributed by atoms with van der Waals surface area (Å²) in [5.74, 6) is 0.0676. The predicted octanol–water partition coefficient (Wildman–Crippen LogP) is 0.792. The summed E-state index contributed by atoms with van der Waals surface area (Å²) in [5, 5.41) is 15.0. The van der Waals surface area contributed by atoms with Crippen molar-refractivity contribution in [3.63, 3.8) is 0 Å². The fourth-order valence-electron chi connectivity index (χ4n) is 3.38. The molecule has 2 N–H and O–H groups in total. The van der Waals surface area contributed by atoms with E-state index in [0.29, 0.717) is 17.8 Å². The molecule has 1 aromatic heterocycles. The lowest BCUT2D eigenvalue weighted by Crippen LogP contribution is -2.47. The maximum absolute atomic E-state index is 12.6. The Bertz CT molecular complexity index is 697. The zero-order valence-corrected chi connectivity index (χ0v) is 12.3. The SMILES string of the molecule is CN1C[C@@H]2C[C@H]1CN2C(=O)c1n[nH]c2ccccc12.O=CO. The maximum atomic E-state index is 12.6. The van der Waals surface area contributed by atoms with Gasteiger partial charge in [-0.3, -0.25) is 19.6 Å². The molecule has 0 unspecified atom stereocenters. The number of carbonyl (C=O) groups is 2. The molecule has 2 atom stereocenters. The normalized spacial score (nSPS) is 23.4. The Morgan fingerprint density at radius 3 is 2.73 bits per heavy atom. The van der Waals surface area contributed by atoms with E-state index in [0.717, 1.165) is 30.4 Å². The minimum absolute atomic E-state index is 0.0676. The Labute approximate surface area is 127 Å². The first kappa shape index (κ1) is 14.5. The number of amides is 1. The van der Waals surface area contributed by atoms with Gasteiger partial charge in [0.1, 0.15) is 0 Å². The van der Waals surface area contributed by atoms with E-state index in [1.165, 1.54) is 0 Å². The number of H-pyrrole nitrogens is 1. The lowest BCUT2D eigenvalue weighted by Gasteiger charge is -2.31. The van der Waals surface area contributed by atoms with E-state index in [4.69, 9.17) is 9.90 Å². The molecule has 0 spiro atoms. The summed E-state index contributed by atoms with van der Waals surface area (Å²) in [7, 11) is 2.14. The summed E-state index contributed by atoms with van der Waals surface area (Å²) in [6, 6.07) is 8.67. The van der Waals surface area contributed by atoms with Gasteiger partial charge in [0.2, 0.25) is 0 Å². The number of nitrogens with one attached hydrogen (secondary N) is 1. The van der Waals surface area contributed by atoms with Crippen molar-refractivity contribution >= 4 is 23.3 Å². The van der Waals surface area contributed by atoms with Crippen LogP contribution < -0.4 is 0 Å². The van der Waals surface area contributed by atoms with Crippen LogP contribution in [0.15, 0.2) is 24.3 Å². The van der Waals surface area contributed by atoms with Crippen molar-refractivity contribution in [2.75, 3.05) is 20.1 Å². The molecular formula is C15H18N4O3. The molecule has 22 heavy (non-hydrogen) atoms. The van der Waals surface area contributed by atoms with Crippen LogP contribution in [0.1, 0.15) is 16.9 Å². The molecule has 2 bridgehead atoms. The Hall–Kier alpha value is -2.41. The van der Waals surface area contributed by atoms with Crippen LogP contribution in [0, 0.1) is 0 Å². The first-order valence-electron chi connectivity index (χ1n) is 7.18. The van der Waals surface area contributed by atoms with Gasteiger partial charge < -0.3 is 10.0 Å². The van der Waals surface area contributed by atoms with E-state index < -0.39 is 0 Å². The van der Waals surface area contributed by atoms with Crippen LogP contribution in [0.4, 0.5) is 0 Å². The third-order valence-electron chi connectivity index (χ3n) is 4.45. The summed E-state index contributed by atoms with van der Waals surface area (Å²) in [4.78, 5) is 25.3. The molecule has 2 aliphatic heterocycles. The molecule has 1 amide bonds. The van der Waals surface area contributed by atoms with Crippen LogP contribution in [0.2, 0.25) is 0 Å².